The Balaban J connectivity index is 2.02. The van der Waals surface area contributed by atoms with Crippen molar-refractivity contribution in [1.82, 2.24) is 10.2 Å². The highest BCUT2D eigenvalue weighted by molar-refractivity contribution is 7.92. The van der Waals surface area contributed by atoms with E-state index in [0.717, 1.165) is 40.3 Å². The zero-order chi connectivity index (χ0) is 29.1. The van der Waals surface area contributed by atoms with Gasteiger partial charge in [-0.15, -0.1) is 0 Å². The molecule has 1 N–H and O–H groups in total. The number of aryl methyl sites for hydroxylation is 2. The standard InChI is InChI=1S/C32H41N3O4S/c1-5-8-22-33-32(37)30(7-3)34(23-27-16-14-25(4)15-17-27)31(36)24-35(28-20-18-26(6-2)19-21-28)40(38,39)29-12-10-9-11-13-29/h9-21,30H,5-8,22-24H2,1-4H3,(H,33,37)/t30-/m0/s1. The second-order valence-electron chi connectivity index (χ2n) is 9.92. The lowest BCUT2D eigenvalue weighted by Crippen LogP contribution is -2.52. The molecule has 0 aliphatic rings. The molecule has 40 heavy (non-hydrogen) atoms. The minimum atomic E-state index is -4.07. The Kier molecular flexibility index (Phi) is 11.3. The first kappa shape index (κ1) is 30.9. The number of benzene rings is 3. The highest BCUT2D eigenvalue weighted by Gasteiger charge is 2.33. The predicted octanol–water partition coefficient (Wildman–Crippen LogP) is 5.48. The van der Waals surface area contributed by atoms with Crippen LogP contribution in [0.1, 0.15) is 56.7 Å². The van der Waals surface area contributed by atoms with Gasteiger partial charge in [0, 0.05) is 13.1 Å². The van der Waals surface area contributed by atoms with Crippen molar-refractivity contribution in [3.05, 3.63) is 95.6 Å². The van der Waals surface area contributed by atoms with Crippen molar-refractivity contribution in [3.63, 3.8) is 0 Å². The molecule has 0 fully saturated rings. The maximum atomic E-state index is 14.1. The summed E-state index contributed by atoms with van der Waals surface area (Å²) in [7, 11) is -4.07. The number of anilines is 1. The molecule has 2 amide bonds. The van der Waals surface area contributed by atoms with E-state index < -0.39 is 28.5 Å². The fourth-order valence-corrected chi connectivity index (χ4v) is 5.90. The fraction of sp³-hybridized carbons (Fsp3) is 0.375. The number of nitrogens with zero attached hydrogens (tertiary/aromatic N) is 2. The summed E-state index contributed by atoms with van der Waals surface area (Å²) in [5.74, 6) is -0.682. The quantitative estimate of drug-likeness (QED) is 0.263. The lowest BCUT2D eigenvalue weighted by molar-refractivity contribution is -0.140. The molecule has 0 heterocycles. The lowest BCUT2D eigenvalue weighted by atomic mass is 10.1. The number of carbonyl (C=O) groups excluding carboxylic acids is 2. The summed E-state index contributed by atoms with van der Waals surface area (Å²) in [5.41, 5.74) is 3.40. The Labute approximate surface area is 239 Å². The Morgan fingerprint density at radius 1 is 0.850 bits per heavy atom. The highest BCUT2D eigenvalue weighted by Crippen LogP contribution is 2.25. The van der Waals surface area contributed by atoms with Crippen LogP contribution >= 0.6 is 0 Å². The van der Waals surface area contributed by atoms with E-state index >= 15 is 0 Å². The second-order valence-corrected chi connectivity index (χ2v) is 11.8. The normalized spacial score (nSPS) is 12.0. The number of hydrogen-bond acceptors (Lipinski definition) is 4. The SMILES string of the molecule is CCCCNC(=O)[C@H](CC)N(Cc1ccc(C)cc1)C(=O)CN(c1ccc(CC)cc1)S(=O)(=O)c1ccccc1. The van der Waals surface area contributed by atoms with Gasteiger partial charge in [-0.25, -0.2) is 8.42 Å². The molecule has 3 aromatic rings. The Bertz CT molecular complexity index is 1340. The van der Waals surface area contributed by atoms with Crippen molar-refractivity contribution in [3.8, 4) is 0 Å². The van der Waals surface area contributed by atoms with E-state index in [1.807, 2.05) is 64.1 Å². The summed E-state index contributed by atoms with van der Waals surface area (Å²) in [6, 6.07) is 22.3. The number of nitrogens with one attached hydrogen (secondary N) is 1. The number of sulfonamides is 1. The summed E-state index contributed by atoms with van der Waals surface area (Å²) in [4.78, 5) is 28.9. The topological polar surface area (TPSA) is 86.8 Å². The molecule has 3 aromatic carbocycles. The number of unbranched alkanes of at least 4 members (excludes halogenated alkanes) is 1. The summed E-state index contributed by atoms with van der Waals surface area (Å²) in [6.07, 6.45) is 2.98. The van der Waals surface area contributed by atoms with Crippen LogP contribution in [0.15, 0.2) is 83.8 Å². The number of rotatable bonds is 14. The molecule has 7 nitrogen and oxygen atoms in total. The number of amides is 2. The van der Waals surface area contributed by atoms with Crippen LogP contribution < -0.4 is 9.62 Å². The fourth-order valence-electron chi connectivity index (χ4n) is 4.46. The summed E-state index contributed by atoms with van der Waals surface area (Å²) in [6.45, 7) is 8.19. The second kappa shape index (κ2) is 14.7. The zero-order valence-corrected chi connectivity index (χ0v) is 24.8. The largest absolute Gasteiger partial charge is 0.354 e. The molecule has 1 atom stereocenters. The first-order valence-electron chi connectivity index (χ1n) is 14.0. The van der Waals surface area contributed by atoms with E-state index in [0.29, 0.717) is 18.7 Å². The van der Waals surface area contributed by atoms with Crippen LogP contribution in [-0.4, -0.2) is 44.3 Å². The van der Waals surface area contributed by atoms with Gasteiger partial charge in [0.1, 0.15) is 12.6 Å². The average Bonchev–Trinajstić information content (AvgIpc) is 2.97. The molecule has 0 spiro atoms. The van der Waals surface area contributed by atoms with E-state index in [9.17, 15) is 18.0 Å². The van der Waals surface area contributed by atoms with Gasteiger partial charge in [-0.05, 0) is 61.6 Å². The predicted molar refractivity (Wildman–Crippen MR) is 161 cm³/mol. The Morgan fingerprint density at radius 2 is 1.48 bits per heavy atom. The minimum Gasteiger partial charge on any atom is -0.354 e. The van der Waals surface area contributed by atoms with Crippen LogP contribution in [0.3, 0.4) is 0 Å². The molecule has 0 bridgehead atoms. The highest BCUT2D eigenvalue weighted by atomic mass is 32.2. The van der Waals surface area contributed by atoms with Gasteiger partial charge in [-0.1, -0.05) is 87.4 Å². The number of hydrogen-bond donors (Lipinski definition) is 1. The monoisotopic (exact) mass is 563 g/mol. The molecule has 3 rings (SSSR count). The van der Waals surface area contributed by atoms with Crippen LogP contribution in [0.25, 0.3) is 0 Å². The molecule has 0 aromatic heterocycles. The van der Waals surface area contributed by atoms with Gasteiger partial charge in [0.05, 0.1) is 10.6 Å². The van der Waals surface area contributed by atoms with Crippen LogP contribution in [0.5, 0.6) is 0 Å². The lowest BCUT2D eigenvalue weighted by Gasteiger charge is -2.33. The van der Waals surface area contributed by atoms with E-state index in [-0.39, 0.29) is 17.3 Å². The molecule has 214 valence electrons. The van der Waals surface area contributed by atoms with Gasteiger partial charge in [0.15, 0.2) is 0 Å². The smallest absolute Gasteiger partial charge is 0.264 e. The van der Waals surface area contributed by atoms with Crippen LogP contribution in [0.2, 0.25) is 0 Å². The molecule has 0 radical (unpaired) electrons. The third-order valence-electron chi connectivity index (χ3n) is 6.93. The Hall–Kier alpha value is -3.65. The van der Waals surface area contributed by atoms with Gasteiger partial charge in [0.2, 0.25) is 11.8 Å². The molecule has 0 unspecified atom stereocenters. The van der Waals surface area contributed by atoms with E-state index in [2.05, 4.69) is 5.32 Å². The maximum absolute atomic E-state index is 14.1. The van der Waals surface area contributed by atoms with Crippen LogP contribution in [-0.2, 0) is 32.6 Å². The molecule has 0 aliphatic heterocycles. The van der Waals surface area contributed by atoms with Crippen molar-refractivity contribution in [2.75, 3.05) is 17.4 Å². The first-order chi connectivity index (χ1) is 19.2. The van der Waals surface area contributed by atoms with Crippen molar-refractivity contribution < 1.29 is 18.0 Å². The summed E-state index contributed by atoms with van der Waals surface area (Å²) in [5, 5.41) is 2.95. The zero-order valence-electron chi connectivity index (χ0n) is 24.0. The molecule has 0 saturated heterocycles. The Morgan fingerprint density at radius 3 is 2.05 bits per heavy atom. The van der Waals surface area contributed by atoms with Gasteiger partial charge in [-0.3, -0.25) is 13.9 Å². The van der Waals surface area contributed by atoms with Crippen molar-refractivity contribution in [2.24, 2.45) is 0 Å². The minimum absolute atomic E-state index is 0.0943. The van der Waals surface area contributed by atoms with E-state index in [1.165, 1.54) is 17.0 Å². The molecular weight excluding hydrogens is 522 g/mol. The molecule has 0 aliphatic carbocycles. The maximum Gasteiger partial charge on any atom is 0.264 e. The third kappa shape index (κ3) is 7.94. The number of carbonyl (C=O) groups is 2. The molecular formula is C32H41N3O4S. The molecule has 8 heteroatoms. The first-order valence-corrected chi connectivity index (χ1v) is 15.4. The summed E-state index contributed by atoms with van der Waals surface area (Å²) < 4.78 is 28.9. The van der Waals surface area contributed by atoms with Crippen molar-refractivity contribution in [1.29, 1.82) is 0 Å². The van der Waals surface area contributed by atoms with Gasteiger partial charge in [0.25, 0.3) is 10.0 Å². The van der Waals surface area contributed by atoms with E-state index in [4.69, 9.17) is 0 Å². The van der Waals surface area contributed by atoms with Crippen molar-refractivity contribution >= 4 is 27.5 Å². The van der Waals surface area contributed by atoms with Crippen LogP contribution in [0.4, 0.5) is 5.69 Å². The average molecular weight is 564 g/mol. The van der Waals surface area contributed by atoms with Gasteiger partial charge in [-0.2, -0.15) is 0 Å². The van der Waals surface area contributed by atoms with Crippen LogP contribution in [0, 0.1) is 6.92 Å². The molecule has 0 saturated carbocycles. The van der Waals surface area contributed by atoms with Gasteiger partial charge < -0.3 is 10.2 Å². The third-order valence-corrected chi connectivity index (χ3v) is 8.72. The van der Waals surface area contributed by atoms with E-state index in [1.54, 1.807) is 30.3 Å². The summed E-state index contributed by atoms with van der Waals surface area (Å²) >= 11 is 0. The van der Waals surface area contributed by atoms with Crippen molar-refractivity contribution in [2.45, 2.75) is 70.9 Å². The van der Waals surface area contributed by atoms with Gasteiger partial charge >= 0.3 is 0 Å².